The van der Waals surface area contributed by atoms with Crippen molar-refractivity contribution >= 4 is 69.5 Å². The molecule has 0 nitrogen and oxygen atoms in total. The quantitative estimate of drug-likeness (QED) is 0.381. The summed E-state index contributed by atoms with van der Waals surface area (Å²) in [4.78, 5) is 0. The summed E-state index contributed by atoms with van der Waals surface area (Å²) in [7, 11) is 0. The van der Waals surface area contributed by atoms with E-state index in [9.17, 15) is 0 Å². The Bertz CT molecular complexity index is 11.6. The van der Waals surface area contributed by atoms with Crippen LogP contribution in [0.5, 0.6) is 0 Å². The van der Waals surface area contributed by atoms with Gasteiger partial charge in [0, 0.05) is 0 Å². The zero-order valence-corrected chi connectivity index (χ0v) is 8.87. The summed E-state index contributed by atoms with van der Waals surface area (Å²) in [5, 5.41) is 0. The molecule has 0 fully saturated rings. The van der Waals surface area contributed by atoms with Gasteiger partial charge in [-0.1, -0.05) is 0 Å². The second-order valence-corrected chi connectivity index (χ2v) is 0. The van der Waals surface area contributed by atoms with Gasteiger partial charge in [0.2, 0.25) is 0 Å². The molecule has 0 amide bonds. The molecule has 0 bridgehead atoms. The summed E-state index contributed by atoms with van der Waals surface area (Å²) in [6.07, 6.45) is 0. The summed E-state index contributed by atoms with van der Waals surface area (Å²) >= 11 is 0. The van der Waals surface area contributed by atoms with Crippen molar-refractivity contribution in [2.24, 2.45) is 0 Å². The Morgan fingerprint density at radius 3 is 1.25 bits per heavy atom. The molecule has 0 aromatic rings. The Morgan fingerprint density at radius 2 is 1.25 bits per heavy atom. The third-order valence-corrected chi connectivity index (χ3v) is 0. The molecule has 0 aromatic heterocycles. The van der Waals surface area contributed by atoms with Crippen molar-refractivity contribution < 1.29 is 52.8 Å². The molecular weight excluding hydrogens is 342 g/mol. The Hall–Kier alpha value is 3.94. The Kier molecular flexibility index (Phi) is 97.1. The predicted molar refractivity (Wildman–Crippen MR) is 29.5 cm³/mol. The van der Waals surface area contributed by atoms with Gasteiger partial charge >= 0.3 is 121 Å². The topological polar surface area (TPSA) is 0 Å². The van der Waals surface area contributed by atoms with Crippen LogP contribution in [0, 0.1) is 0 Å². The van der Waals surface area contributed by atoms with Crippen molar-refractivity contribution in [3.63, 3.8) is 0 Å². The molecule has 0 unspecified atom stereocenters. The van der Waals surface area contributed by atoms with E-state index in [1.54, 1.807) is 0 Å². The molecular formula is H9GaInKSn. The van der Waals surface area contributed by atoms with Crippen LogP contribution in [0.4, 0.5) is 0 Å². The summed E-state index contributed by atoms with van der Waals surface area (Å²) in [5.74, 6) is 0. The molecule has 0 rings (SSSR count). The minimum atomic E-state index is 0. The Balaban J connectivity index is 0. The molecule has 0 aliphatic carbocycles. The van der Waals surface area contributed by atoms with Crippen LogP contribution in [-0.2, 0) is 0 Å². The van der Waals surface area contributed by atoms with Crippen LogP contribution < -0.4 is 51.4 Å². The van der Waals surface area contributed by atoms with Gasteiger partial charge in [0.15, 0.2) is 0 Å². The summed E-state index contributed by atoms with van der Waals surface area (Å²) in [6, 6.07) is 0. The third kappa shape index (κ3) is 9.34. The molecule has 0 aliphatic heterocycles. The van der Waals surface area contributed by atoms with Crippen molar-refractivity contribution in [1.82, 2.24) is 0 Å². The molecule has 0 heterocycles. The maximum atomic E-state index is 0. The number of rotatable bonds is 0. The molecule has 0 atom stereocenters. The second kappa shape index (κ2) is 15.8. The van der Waals surface area contributed by atoms with Gasteiger partial charge in [0.25, 0.3) is 0 Å². The molecule has 4 heavy (non-hydrogen) atoms. The van der Waals surface area contributed by atoms with Gasteiger partial charge in [-0.05, 0) is 0 Å². The van der Waals surface area contributed by atoms with Gasteiger partial charge in [-0.2, -0.15) is 0 Å². The molecule has 0 N–H and O–H groups in total. The van der Waals surface area contributed by atoms with Gasteiger partial charge in [-0.3, -0.25) is 0 Å². The van der Waals surface area contributed by atoms with Crippen molar-refractivity contribution in [2.75, 3.05) is 0 Å². The van der Waals surface area contributed by atoms with E-state index in [0.717, 1.165) is 0 Å². The van der Waals surface area contributed by atoms with E-state index in [-0.39, 0.29) is 122 Å². The van der Waals surface area contributed by atoms with E-state index in [2.05, 4.69) is 0 Å². The van der Waals surface area contributed by atoms with E-state index in [1.807, 2.05) is 0 Å². The number of hydrogen-bond donors (Lipinski definition) is 0. The van der Waals surface area contributed by atoms with E-state index in [4.69, 9.17) is 0 Å². The van der Waals surface area contributed by atoms with Crippen molar-refractivity contribution in [2.45, 2.75) is 0 Å². The second-order valence-electron chi connectivity index (χ2n) is 0. The van der Waals surface area contributed by atoms with Crippen LogP contribution in [-0.4, -0.2) is 69.5 Å². The van der Waals surface area contributed by atoms with E-state index in [1.165, 1.54) is 0 Å². The van der Waals surface area contributed by atoms with Crippen molar-refractivity contribution in [3.05, 3.63) is 0 Å². The molecule has 2 radical (unpaired) electrons. The zero-order valence-electron chi connectivity index (χ0n) is 2.71. The Morgan fingerprint density at radius 1 is 1.25 bits per heavy atom. The first-order chi connectivity index (χ1) is 0. The fourth-order valence-corrected chi connectivity index (χ4v) is 0. The summed E-state index contributed by atoms with van der Waals surface area (Å²) in [6.45, 7) is 0. The van der Waals surface area contributed by atoms with Gasteiger partial charge in [-0.25, -0.2) is 0 Å². The van der Waals surface area contributed by atoms with Crippen LogP contribution >= 0.6 is 0 Å². The number of hydrogen-bond acceptors (Lipinski definition) is 0. The first-order valence-corrected chi connectivity index (χ1v) is 0. The van der Waals surface area contributed by atoms with Crippen LogP contribution in [0.25, 0.3) is 0 Å². The average Bonchev–Trinajstić information content (AvgIpc) is 0. The molecule has 0 saturated heterocycles. The van der Waals surface area contributed by atoms with Gasteiger partial charge in [-0.15, -0.1) is 0 Å². The molecule has 20 valence electrons. The average molecular weight is 351 g/mol. The summed E-state index contributed by atoms with van der Waals surface area (Å²) in [5.41, 5.74) is 0. The van der Waals surface area contributed by atoms with Crippen molar-refractivity contribution in [3.8, 4) is 0 Å². The molecule has 4 heteroatoms. The van der Waals surface area contributed by atoms with Gasteiger partial charge in [0.05, 0.1) is 0 Å². The van der Waals surface area contributed by atoms with E-state index < -0.39 is 0 Å². The monoisotopic (exact) mass is 352 g/mol. The zero-order chi connectivity index (χ0) is 0. The predicted octanol–water partition coefficient (Wildman–Crippen LogP) is -6.17. The fraction of sp³-hybridized carbons (Fsp3) is 0. The SMILES string of the molecule is [GaH3].[H-].[InH3].[K+].[SnH2]. The van der Waals surface area contributed by atoms with Crippen LogP contribution in [0.3, 0.4) is 0 Å². The molecule has 0 aliphatic rings. The van der Waals surface area contributed by atoms with Crippen molar-refractivity contribution in [1.29, 1.82) is 0 Å². The standard InChI is InChI=1S/Ga.In.K.Sn.9H/q;;+1;;;;;;;;;;-1. The molecule has 0 saturated carbocycles. The van der Waals surface area contributed by atoms with Crippen LogP contribution in [0.15, 0.2) is 0 Å². The van der Waals surface area contributed by atoms with Gasteiger partial charge < -0.3 is 1.43 Å². The fourth-order valence-electron chi connectivity index (χ4n) is 0. The van der Waals surface area contributed by atoms with E-state index in [0.29, 0.717) is 0 Å². The first-order valence-electron chi connectivity index (χ1n) is 0. The van der Waals surface area contributed by atoms with Crippen LogP contribution in [0.2, 0.25) is 0 Å². The third-order valence-electron chi connectivity index (χ3n) is 0. The summed E-state index contributed by atoms with van der Waals surface area (Å²) < 4.78 is 0. The van der Waals surface area contributed by atoms with E-state index >= 15 is 0 Å². The molecule has 0 spiro atoms. The van der Waals surface area contributed by atoms with Gasteiger partial charge in [0.1, 0.15) is 0 Å². The maximum absolute atomic E-state index is 0. The van der Waals surface area contributed by atoms with Crippen LogP contribution in [0.1, 0.15) is 1.43 Å². The Labute approximate surface area is 119 Å². The first kappa shape index (κ1) is 24.6. The molecule has 0 aromatic carbocycles. The normalized spacial score (nSPS) is 0. The minimum absolute atomic E-state index is 0.